The van der Waals surface area contributed by atoms with Gasteiger partial charge in [-0.05, 0) is 13.0 Å². The number of anilines is 2. The van der Waals surface area contributed by atoms with Gasteiger partial charge in [0.05, 0.1) is 12.5 Å². The van der Waals surface area contributed by atoms with E-state index in [9.17, 15) is 0 Å². The van der Waals surface area contributed by atoms with E-state index in [1.54, 1.807) is 19.6 Å². The average molecular weight is 262 g/mol. The van der Waals surface area contributed by atoms with Gasteiger partial charge in [0.1, 0.15) is 18.2 Å². The fraction of sp³-hybridized carbons (Fsp3) is 0.385. The Bertz CT molecular complexity index is 475. The van der Waals surface area contributed by atoms with Crippen LogP contribution in [0.15, 0.2) is 29.1 Å². The third-order valence-corrected chi connectivity index (χ3v) is 2.46. The van der Waals surface area contributed by atoms with E-state index in [1.165, 1.54) is 0 Å². The lowest BCUT2D eigenvalue weighted by Crippen LogP contribution is -2.08. The molecular weight excluding hydrogens is 244 g/mol. The SMILES string of the molecule is CCNc1cc(NCc2ccoc2)nc(COC)n1. The van der Waals surface area contributed by atoms with Crippen LogP contribution in [0.1, 0.15) is 18.3 Å². The van der Waals surface area contributed by atoms with Gasteiger partial charge < -0.3 is 19.8 Å². The second kappa shape index (κ2) is 6.75. The van der Waals surface area contributed by atoms with Crippen LogP contribution < -0.4 is 10.6 Å². The number of nitrogens with one attached hydrogen (secondary N) is 2. The number of nitrogens with zero attached hydrogens (tertiary/aromatic N) is 2. The number of hydrogen-bond acceptors (Lipinski definition) is 6. The molecule has 19 heavy (non-hydrogen) atoms. The molecule has 0 fully saturated rings. The molecule has 0 spiro atoms. The van der Waals surface area contributed by atoms with E-state index < -0.39 is 0 Å². The van der Waals surface area contributed by atoms with Crippen molar-refractivity contribution in [3.8, 4) is 0 Å². The Morgan fingerprint density at radius 3 is 2.68 bits per heavy atom. The molecule has 2 rings (SSSR count). The number of methoxy groups -OCH3 is 1. The van der Waals surface area contributed by atoms with Gasteiger partial charge in [0.15, 0.2) is 5.82 Å². The van der Waals surface area contributed by atoms with Crippen LogP contribution in [0.2, 0.25) is 0 Å². The molecule has 2 aromatic rings. The summed E-state index contributed by atoms with van der Waals surface area (Å²) >= 11 is 0. The van der Waals surface area contributed by atoms with Gasteiger partial charge in [-0.2, -0.15) is 0 Å². The van der Waals surface area contributed by atoms with E-state index in [1.807, 2.05) is 19.1 Å². The summed E-state index contributed by atoms with van der Waals surface area (Å²) < 4.78 is 10.1. The Kier molecular flexibility index (Phi) is 4.74. The zero-order chi connectivity index (χ0) is 13.5. The lowest BCUT2D eigenvalue weighted by molar-refractivity contribution is 0.178. The van der Waals surface area contributed by atoms with Crippen LogP contribution in [0, 0.1) is 0 Å². The quantitative estimate of drug-likeness (QED) is 0.797. The Balaban J connectivity index is 2.08. The number of furan rings is 1. The van der Waals surface area contributed by atoms with Crippen LogP contribution in [-0.2, 0) is 17.9 Å². The molecule has 0 saturated carbocycles. The van der Waals surface area contributed by atoms with Gasteiger partial charge in [-0.3, -0.25) is 0 Å². The Labute approximate surface area is 112 Å². The molecule has 0 unspecified atom stereocenters. The Morgan fingerprint density at radius 1 is 1.26 bits per heavy atom. The average Bonchev–Trinajstić information content (AvgIpc) is 2.90. The highest BCUT2D eigenvalue weighted by Crippen LogP contribution is 2.13. The number of ether oxygens (including phenoxy) is 1. The van der Waals surface area contributed by atoms with E-state index in [0.29, 0.717) is 19.0 Å². The zero-order valence-corrected chi connectivity index (χ0v) is 11.1. The molecule has 0 radical (unpaired) electrons. The summed E-state index contributed by atoms with van der Waals surface area (Å²) in [6.45, 7) is 3.88. The smallest absolute Gasteiger partial charge is 0.158 e. The number of rotatable bonds is 7. The maximum Gasteiger partial charge on any atom is 0.158 e. The highest BCUT2D eigenvalue weighted by atomic mass is 16.5. The van der Waals surface area contributed by atoms with Gasteiger partial charge in [0.25, 0.3) is 0 Å². The normalized spacial score (nSPS) is 10.4. The molecule has 2 N–H and O–H groups in total. The molecule has 2 aromatic heterocycles. The summed E-state index contributed by atoms with van der Waals surface area (Å²) in [5, 5.41) is 6.41. The van der Waals surface area contributed by atoms with Gasteiger partial charge in [-0.15, -0.1) is 0 Å². The Morgan fingerprint density at radius 2 is 2.05 bits per heavy atom. The van der Waals surface area contributed by atoms with Crippen molar-refractivity contribution < 1.29 is 9.15 Å². The van der Waals surface area contributed by atoms with Crippen molar-refractivity contribution in [2.75, 3.05) is 24.3 Å². The molecule has 6 nitrogen and oxygen atoms in total. The summed E-state index contributed by atoms with van der Waals surface area (Å²) in [4.78, 5) is 8.74. The van der Waals surface area contributed by atoms with Gasteiger partial charge in [-0.25, -0.2) is 9.97 Å². The van der Waals surface area contributed by atoms with Crippen molar-refractivity contribution in [1.82, 2.24) is 9.97 Å². The van der Waals surface area contributed by atoms with Crippen LogP contribution in [0.5, 0.6) is 0 Å². The minimum absolute atomic E-state index is 0.389. The number of aromatic nitrogens is 2. The third kappa shape index (κ3) is 3.96. The molecule has 0 aromatic carbocycles. The molecule has 6 heteroatoms. The summed E-state index contributed by atoms with van der Waals surface area (Å²) in [5.74, 6) is 2.20. The van der Waals surface area contributed by atoms with Crippen LogP contribution in [0.3, 0.4) is 0 Å². The molecule has 0 atom stereocenters. The molecule has 0 aliphatic heterocycles. The lowest BCUT2D eigenvalue weighted by Gasteiger charge is -2.09. The first-order valence-corrected chi connectivity index (χ1v) is 6.17. The molecule has 2 heterocycles. The highest BCUT2D eigenvalue weighted by molar-refractivity contribution is 5.47. The maximum atomic E-state index is 5.07. The van der Waals surface area contributed by atoms with Gasteiger partial charge in [0.2, 0.25) is 0 Å². The monoisotopic (exact) mass is 262 g/mol. The molecule has 0 aliphatic carbocycles. The summed E-state index contributed by atoms with van der Waals surface area (Å²) in [5.41, 5.74) is 1.07. The minimum Gasteiger partial charge on any atom is -0.472 e. The van der Waals surface area contributed by atoms with Crippen molar-refractivity contribution in [2.24, 2.45) is 0 Å². The highest BCUT2D eigenvalue weighted by Gasteiger charge is 2.04. The summed E-state index contributed by atoms with van der Waals surface area (Å²) in [6.07, 6.45) is 3.35. The first-order chi connectivity index (χ1) is 9.31. The van der Waals surface area contributed by atoms with Crippen LogP contribution in [-0.4, -0.2) is 23.6 Å². The number of hydrogen-bond donors (Lipinski definition) is 2. The van der Waals surface area contributed by atoms with E-state index in [4.69, 9.17) is 9.15 Å². The van der Waals surface area contributed by atoms with E-state index in [2.05, 4.69) is 20.6 Å². The van der Waals surface area contributed by atoms with Crippen LogP contribution in [0.4, 0.5) is 11.6 Å². The maximum absolute atomic E-state index is 5.07. The molecule has 0 amide bonds. The first-order valence-electron chi connectivity index (χ1n) is 6.17. The molecule has 102 valence electrons. The van der Waals surface area contributed by atoms with Crippen molar-refractivity contribution in [3.05, 3.63) is 36.0 Å². The fourth-order valence-electron chi connectivity index (χ4n) is 1.64. The van der Waals surface area contributed by atoms with E-state index in [0.717, 1.165) is 23.7 Å². The third-order valence-electron chi connectivity index (χ3n) is 2.46. The Hall–Kier alpha value is -2.08. The summed E-state index contributed by atoms with van der Waals surface area (Å²) in [6, 6.07) is 3.79. The second-order valence-corrected chi connectivity index (χ2v) is 4.00. The standard InChI is InChI=1S/C13H18N4O2/c1-3-14-11-6-12(17-13(16-11)9-18-2)15-7-10-4-5-19-8-10/h4-6,8H,3,7,9H2,1-2H3,(H2,14,15,16,17). The van der Waals surface area contributed by atoms with Gasteiger partial charge in [-0.1, -0.05) is 0 Å². The van der Waals surface area contributed by atoms with Crippen molar-refractivity contribution in [1.29, 1.82) is 0 Å². The van der Waals surface area contributed by atoms with Crippen LogP contribution >= 0.6 is 0 Å². The molecular formula is C13H18N4O2. The minimum atomic E-state index is 0.389. The molecule has 0 saturated heterocycles. The van der Waals surface area contributed by atoms with Crippen molar-refractivity contribution in [2.45, 2.75) is 20.1 Å². The second-order valence-electron chi connectivity index (χ2n) is 4.00. The van der Waals surface area contributed by atoms with Gasteiger partial charge in [0, 0.05) is 31.8 Å². The molecule has 0 aliphatic rings. The predicted molar refractivity (Wildman–Crippen MR) is 72.9 cm³/mol. The van der Waals surface area contributed by atoms with E-state index >= 15 is 0 Å². The molecule has 0 bridgehead atoms. The largest absolute Gasteiger partial charge is 0.472 e. The first kappa shape index (κ1) is 13.4. The summed E-state index contributed by atoms with van der Waals surface area (Å²) in [7, 11) is 1.63. The van der Waals surface area contributed by atoms with Gasteiger partial charge >= 0.3 is 0 Å². The zero-order valence-electron chi connectivity index (χ0n) is 11.1. The van der Waals surface area contributed by atoms with Crippen molar-refractivity contribution in [3.63, 3.8) is 0 Å². The lowest BCUT2D eigenvalue weighted by atomic mass is 10.3. The topological polar surface area (TPSA) is 72.2 Å². The predicted octanol–water partition coefficient (Wildman–Crippen LogP) is 2.26. The van der Waals surface area contributed by atoms with E-state index in [-0.39, 0.29) is 0 Å². The van der Waals surface area contributed by atoms with Crippen molar-refractivity contribution >= 4 is 11.6 Å². The fourth-order valence-corrected chi connectivity index (χ4v) is 1.64. The van der Waals surface area contributed by atoms with Crippen LogP contribution in [0.25, 0.3) is 0 Å².